The van der Waals surface area contributed by atoms with Crippen molar-refractivity contribution in [1.29, 1.82) is 0 Å². The number of allylic oxidation sites excluding steroid dienone is 1. The number of aromatic nitrogens is 2. The van der Waals surface area contributed by atoms with Crippen molar-refractivity contribution in [2.24, 2.45) is 0 Å². The Bertz CT molecular complexity index is 1460. The van der Waals surface area contributed by atoms with Crippen LogP contribution >= 0.6 is 11.6 Å². The van der Waals surface area contributed by atoms with Gasteiger partial charge in [0.1, 0.15) is 5.82 Å². The maximum Gasteiger partial charge on any atom is 0.185 e. The smallest absolute Gasteiger partial charge is 0.185 e. The number of carbonyl (C=O) groups is 1. The van der Waals surface area contributed by atoms with Crippen molar-refractivity contribution in [2.75, 3.05) is 0 Å². The highest BCUT2D eigenvalue weighted by atomic mass is 35.5. The number of benzene rings is 4. The van der Waals surface area contributed by atoms with Crippen LogP contribution in [0.2, 0.25) is 5.02 Å². The Morgan fingerprint density at radius 1 is 0.879 bits per heavy atom. The molecular weight excluding hydrogens is 428 g/mol. The number of hydrogen-bond acceptors (Lipinski definition) is 2. The summed E-state index contributed by atoms with van der Waals surface area (Å²) in [6.45, 7) is 2.04. The highest BCUT2D eigenvalue weighted by Gasteiger charge is 2.16. The molecule has 0 fully saturated rings. The van der Waals surface area contributed by atoms with Gasteiger partial charge >= 0.3 is 0 Å². The second-order valence-electron chi connectivity index (χ2n) is 7.93. The van der Waals surface area contributed by atoms with E-state index < -0.39 is 0 Å². The molecular formula is C29H21ClN2O. The molecule has 0 atom stereocenters. The van der Waals surface area contributed by atoms with E-state index in [-0.39, 0.29) is 5.78 Å². The summed E-state index contributed by atoms with van der Waals surface area (Å²) in [4.78, 5) is 17.8. The van der Waals surface area contributed by atoms with Crippen LogP contribution in [0.25, 0.3) is 34.2 Å². The minimum atomic E-state index is -0.0558. The maximum atomic E-state index is 12.9. The number of rotatable bonds is 5. The number of halogens is 1. The second-order valence-corrected chi connectivity index (χ2v) is 8.36. The van der Waals surface area contributed by atoms with Crippen LogP contribution in [0, 0.1) is 6.92 Å². The molecule has 0 amide bonds. The summed E-state index contributed by atoms with van der Waals surface area (Å²) in [6, 6.07) is 31.5. The van der Waals surface area contributed by atoms with Gasteiger partial charge in [-0.05, 0) is 73.2 Å². The first kappa shape index (κ1) is 20.9. The van der Waals surface area contributed by atoms with E-state index in [1.165, 1.54) is 5.56 Å². The van der Waals surface area contributed by atoms with Gasteiger partial charge in [0, 0.05) is 21.8 Å². The molecule has 0 unspecified atom stereocenters. The van der Waals surface area contributed by atoms with Crippen LogP contribution in [-0.2, 0) is 0 Å². The molecule has 160 valence electrons. The van der Waals surface area contributed by atoms with E-state index in [4.69, 9.17) is 16.6 Å². The van der Waals surface area contributed by atoms with Crippen LogP contribution in [0.15, 0.2) is 103 Å². The molecule has 0 aliphatic carbocycles. The molecule has 5 rings (SSSR count). The van der Waals surface area contributed by atoms with Gasteiger partial charge < -0.3 is 0 Å². The van der Waals surface area contributed by atoms with Crippen LogP contribution in [0.3, 0.4) is 0 Å². The van der Waals surface area contributed by atoms with E-state index in [1.54, 1.807) is 6.08 Å². The van der Waals surface area contributed by atoms with Crippen molar-refractivity contribution in [3.8, 4) is 17.1 Å². The molecule has 4 heteroatoms. The number of fused-ring (bicyclic) bond motifs is 1. The molecule has 3 nitrogen and oxygen atoms in total. The molecule has 0 N–H and O–H groups in total. The minimum absolute atomic E-state index is 0.0558. The standard InChI is InChI=1S/C29H21ClN2O/c1-20-7-9-21(10-8-20)11-18-28(33)23-14-17-27-26(19-23)31-29(22-12-15-24(30)16-13-22)32(27)25-5-3-2-4-6-25/h2-19H,1H3/b18-11+. The topological polar surface area (TPSA) is 34.9 Å². The molecule has 0 radical (unpaired) electrons. The van der Waals surface area contributed by atoms with Gasteiger partial charge in [-0.1, -0.05) is 65.7 Å². The molecule has 5 aromatic rings. The largest absolute Gasteiger partial charge is 0.292 e. The van der Waals surface area contributed by atoms with Crippen LogP contribution in [0.5, 0.6) is 0 Å². The summed E-state index contributed by atoms with van der Waals surface area (Å²) in [6.07, 6.45) is 3.45. The third kappa shape index (κ3) is 4.36. The molecule has 0 spiro atoms. The number of carbonyl (C=O) groups excluding carboxylic acids is 1. The zero-order valence-corrected chi connectivity index (χ0v) is 18.8. The number of aryl methyl sites for hydroxylation is 1. The van der Waals surface area contributed by atoms with E-state index in [9.17, 15) is 4.79 Å². The second kappa shape index (κ2) is 8.89. The average Bonchev–Trinajstić information content (AvgIpc) is 3.23. The number of ketones is 1. The summed E-state index contributed by atoms with van der Waals surface area (Å²) in [5.74, 6) is 0.743. The molecule has 0 aliphatic rings. The molecule has 0 saturated carbocycles. The highest BCUT2D eigenvalue weighted by molar-refractivity contribution is 6.30. The van der Waals surface area contributed by atoms with Crippen LogP contribution in [0.4, 0.5) is 0 Å². The predicted octanol–water partition coefficient (Wildman–Crippen LogP) is 7.55. The summed E-state index contributed by atoms with van der Waals surface area (Å²) in [5.41, 5.74) is 6.44. The summed E-state index contributed by atoms with van der Waals surface area (Å²) in [5, 5.41) is 0.675. The van der Waals surface area contributed by atoms with Gasteiger partial charge in [0.15, 0.2) is 5.78 Å². The number of nitrogens with zero attached hydrogens (tertiary/aromatic N) is 2. The van der Waals surface area contributed by atoms with E-state index in [0.717, 1.165) is 33.7 Å². The highest BCUT2D eigenvalue weighted by Crippen LogP contribution is 2.30. The molecule has 0 bridgehead atoms. The Morgan fingerprint density at radius 2 is 1.61 bits per heavy atom. The van der Waals surface area contributed by atoms with Crippen molar-refractivity contribution in [3.05, 3.63) is 125 Å². The third-order valence-corrected chi connectivity index (χ3v) is 5.81. The maximum absolute atomic E-state index is 12.9. The first-order valence-electron chi connectivity index (χ1n) is 10.7. The lowest BCUT2D eigenvalue weighted by molar-refractivity contribution is 0.104. The Balaban J connectivity index is 1.57. The monoisotopic (exact) mass is 448 g/mol. The van der Waals surface area contributed by atoms with Crippen molar-refractivity contribution in [1.82, 2.24) is 9.55 Å². The van der Waals surface area contributed by atoms with Crippen molar-refractivity contribution < 1.29 is 4.79 Å². The number of hydrogen-bond donors (Lipinski definition) is 0. The fourth-order valence-corrected chi connectivity index (χ4v) is 3.94. The molecule has 1 heterocycles. The van der Waals surface area contributed by atoms with Gasteiger partial charge in [0.05, 0.1) is 11.0 Å². The Labute approximate surface area is 197 Å². The lowest BCUT2D eigenvalue weighted by Gasteiger charge is -2.09. The SMILES string of the molecule is Cc1ccc(/C=C/C(=O)c2ccc3c(c2)nc(-c2ccc(Cl)cc2)n3-c2ccccc2)cc1. The number of imidazole rings is 1. The molecule has 4 aromatic carbocycles. The zero-order valence-electron chi connectivity index (χ0n) is 18.1. The van der Waals surface area contributed by atoms with Crippen molar-refractivity contribution in [3.63, 3.8) is 0 Å². The first-order valence-corrected chi connectivity index (χ1v) is 11.1. The van der Waals surface area contributed by atoms with E-state index >= 15 is 0 Å². The first-order chi connectivity index (χ1) is 16.1. The van der Waals surface area contributed by atoms with E-state index in [2.05, 4.69) is 4.57 Å². The number of para-hydroxylation sites is 1. The van der Waals surface area contributed by atoms with Crippen LogP contribution in [0.1, 0.15) is 21.5 Å². The summed E-state index contributed by atoms with van der Waals surface area (Å²) < 4.78 is 2.11. The van der Waals surface area contributed by atoms with E-state index in [1.807, 2.05) is 110 Å². The van der Waals surface area contributed by atoms with Crippen LogP contribution in [-0.4, -0.2) is 15.3 Å². The Hall–Kier alpha value is -3.95. The van der Waals surface area contributed by atoms with Crippen molar-refractivity contribution in [2.45, 2.75) is 6.92 Å². The Kier molecular flexibility index (Phi) is 5.64. The fourth-order valence-electron chi connectivity index (χ4n) is 3.81. The normalized spacial score (nSPS) is 11.3. The lowest BCUT2D eigenvalue weighted by atomic mass is 10.1. The van der Waals surface area contributed by atoms with Gasteiger partial charge in [-0.2, -0.15) is 0 Å². The van der Waals surface area contributed by atoms with Gasteiger partial charge in [-0.25, -0.2) is 4.98 Å². The fraction of sp³-hybridized carbons (Fsp3) is 0.0345. The van der Waals surface area contributed by atoms with E-state index in [0.29, 0.717) is 10.6 Å². The quantitative estimate of drug-likeness (QED) is 0.205. The third-order valence-electron chi connectivity index (χ3n) is 5.56. The molecule has 0 saturated heterocycles. The average molecular weight is 449 g/mol. The minimum Gasteiger partial charge on any atom is -0.292 e. The van der Waals surface area contributed by atoms with Gasteiger partial charge in [-0.3, -0.25) is 9.36 Å². The van der Waals surface area contributed by atoms with Crippen molar-refractivity contribution >= 4 is 34.5 Å². The van der Waals surface area contributed by atoms with Crippen LogP contribution < -0.4 is 0 Å². The van der Waals surface area contributed by atoms with Gasteiger partial charge in [0.25, 0.3) is 0 Å². The molecule has 1 aromatic heterocycles. The lowest BCUT2D eigenvalue weighted by Crippen LogP contribution is -1.98. The van der Waals surface area contributed by atoms with Gasteiger partial charge in [0.2, 0.25) is 0 Å². The predicted molar refractivity (Wildman–Crippen MR) is 136 cm³/mol. The molecule has 0 aliphatic heterocycles. The van der Waals surface area contributed by atoms with Gasteiger partial charge in [-0.15, -0.1) is 0 Å². The zero-order chi connectivity index (χ0) is 22.8. The summed E-state index contributed by atoms with van der Waals surface area (Å²) >= 11 is 6.10. The molecule has 33 heavy (non-hydrogen) atoms. The summed E-state index contributed by atoms with van der Waals surface area (Å²) in [7, 11) is 0. The Morgan fingerprint density at radius 3 is 2.33 bits per heavy atom.